The molecule has 0 saturated heterocycles. The second-order valence-corrected chi connectivity index (χ2v) is 8.87. The third-order valence-corrected chi connectivity index (χ3v) is 6.75. The van der Waals surface area contributed by atoms with Crippen molar-refractivity contribution in [3.8, 4) is 0 Å². The lowest BCUT2D eigenvalue weighted by atomic mass is 9.89. The van der Waals surface area contributed by atoms with Gasteiger partial charge in [0.05, 0.1) is 16.1 Å². The molecule has 27 heavy (non-hydrogen) atoms. The Bertz CT molecular complexity index is 1110. The topological polar surface area (TPSA) is 81.8 Å². The fraction of sp³-hybridized carbons (Fsp3) is 0.444. The Morgan fingerprint density at radius 3 is 3.00 bits per heavy atom. The first-order valence-electron chi connectivity index (χ1n) is 8.97. The molecule has 0 unspecified atom stereocenters. The maximum Gasteiger partial charge on any atom is 0.289 e. The van der Waals surface area contributed by atoms with Gasteiger partial charge in [-0.1, -0.05) is 6.92 Å². The van der Waals surface area contributed by atoms with Gasteiger partial charge in [0, 0.05) is 11.4 Å². The van der Waals surface area contributed by atoms with Crippen molar-refractivity contribution >= 4 is 43.4 Å². The minimum Gasteiger partial charge on any atom is -0.267 e. The highest BCUT2D eigenvalue weighted by atomic mass is 79.9. The lowest BCUT2D eigenvalue weighted by Crippen LogP contribution is -2.36. The summed E-state index contributed by atoms with van der Waals surface area (Å²) in [6.45, 7) is 6.42. The fourth-order valence-corrected chi connectivity index (χ4v) is 5.50. The van der Waals surface area contributed by atoms with Crippen LogP contribution >= 0.6 is 27.3 Å². The van der Waals surface area contributed by atoms with E-state index in [4.69, 9.17) is 0 Å². The van der Waals surface area contributed by atoms with Gasteiger partial charge in [-0.05, 0) is 60.5 Å². The van der Waals surface area contributed by atoms with E-state index >= 15 is 0 Å². The molecule has 3 aromatic rings. The summed E-state index contributed by atoms with van der Waals surface area (Å²) in [5, 5.41) is 4.80. The average Bonchev–Trinajstić information content (AvgIpc) is 3.17. The number of hydrogen-bond acceptors (Lipinski definition) is 5. The van der Waals surface area contributed by atoms with E-state index in [1.807, 2.05) is 6.92 Å². The number of aryl methyl sites for hydroxylation is 3. The van der Waals surface area contributed by atoms with Crippen LogP contribution in [0.3, 0.4) is 0 Å². The van der Waals surface area contributed by atoms with Crippen LogP contribution in [0, 0.1) is 12.8 Å². The van der Waals surface area contributed by atoms with Gasteiger partial charge in [-0.3, -0.25) is 19.7 Å². The van der Waals surface area contributed by atoms with Crippen molar-refractivity contribution in [3.05, 3.63) is 43.0 Å². The van der Waals surface area contributed by atoms with Crippen LogP contribution in [-0.2, 0) is 19.4 Å². The lowest BCUT2D eigenvalue weighted by molar-refractivity contribution is 0.0995. The van der Waals surface area contributed by atoms with E-state index in [0.29, 0.717) is 33.8 Å². The molecule has 3 heterocycles. The standard InChI is InChI=1S/C18H20BrN5O2S/c1-4-23-15(12(19)8-20-23)16(25)22-24-10(3)21-17-14(18(24)26)11-6-5-9(2)7-13(11)27-17/h8-9H,4-7H2,1-3H3,(H,22,25)/t9-/m0/s1. The van der Waals surface area contributed by atoms with Crippen LogP contribution in [0.2, 0.25) is 0 Å². The molecule has 1 N–H and O–H groups in total. The Balaban J connectivity index is 1.79. The van der Waals surface area contributed by atoms with Gasteiger partial charge in [0.2, 0.25) is 0 Å². The number of nitrogens with zero attached hydrogens (tertiary/aromatic N) is 4. The summed E-state index contributed by atoms with van der Waals surface area (Å²) in [6.07, 6.45) is 4.52. The van der Waals surface area contributed by atoms with E-state index in [2.05, 4.69) is 38.4 Å². The zero-order chi connectivity index (χ0) is 19.3. The molecule has 0 aliphatic heterocycles. The number of carbonyl (C=O) groups excluding carboxylic acids is 1. The SMILES string of the molecule is CCn1ncc(Br)c1C(=O)Nn1c(C)nc2sc3c(c2c1=O)CC[C@H](C)C3. The number of nitrogens with one attached hydrogen (secondary N) is 1. The van der Waals surface area contributed by atoms with Crippen molar-refractivity contribution in [2.75, 3.05) is 5.43 Å². The van der Waals surface area contributed by atoms with Crippen molar-refractivity contribution < 1.29 is 4.79 Å². The van der Waals surface area contributed by atoms with Gasteiger partial charge in [-0.2, -0.15) is 5.10 Å². The van der Waals surface area contributed by atoms with Crippen LogP contribution in [0.5, 0.6) is 0 Å². The molecule has 0 radical (unpaired) electrons. The molecule has 1 aliphatic rings. The number of halogens is 1. The van der Waals surface area contributed by atoms with Crippen molar-refractivity contribution in [1.82, 2.24) is 19.4 Å². The summed E-state index contributed by atoms with van der Waals surface area (Å²) >= 11 is 4.96. The third kappa shape index (κ3) is 3.02. The Labute approximate surface area is 168 Å². The quantitative estimate of drug-likeness (QED) is 0.664. The van der Waals surface area contributed by atoms with E-state index in [9.17, 15) is 9.59 Å². The monoisotopic (exact) mass is 449 g/mol. The maximum atomic E-state index is 13.2. The molecular formula is C18H20BrN5O2S. The molecule has 3 aromatic heterocycles. The number of amides is 1. The molecule has 142 valence electrons. The van der Waals surface area contributed by atoms with Crippen LogP contribution in [0.15, 0.2) is 15.5 Å². The van der Waals surface area contributed by atoms with Gasteiger partial charge in [0.25, 0.3) is 11.5 Å². The van der Waals surface area contributed by atoms with Crippen LogP contribution in [0.4, 0.5) is 0 Å². The van der Waals surface area contributed by atoms with Gasteiger partial charge >= 0.3 is 0 Å². The Morgan fingerprint density at radius 2 is 2.26 bits per heavy atom. The number of carbonyl (C=O) groups is 1. The first kappa shape index (κ1) is 18.4. The zero-order valence-corrected chi connectivity index (χ0v) is 17.8. The molecular weight excluding hydrogens is 430 g/mol. The van der Waals surface area contributed by atoms with Crippen molar-refractivity contribution in [2.24, 2.45) is 5.92 Å². The molecule has 0 spiro atoms. The number of rotatable bonds is 3. The highest BCUT2D eigenvalue weighted by Crippen LogP contribution is 2.35. The molecule has 0 bridgehead atoms. The normalized spacial score (nSPS) is 16.5. The van der Waals surface area contributed by atoms with Crippen molar-refractivity contribution in [2.45, 2.75) is 46.6 Å². The van der Waals surface area contributed by atoms with Crippen LogP contribution < -0.4 is 11.0 Å². The average molecular weight is 450 g/mol. The second kappa shape index (κ2) is 6.87. The van der Waals surface area contributed by atoms with Gasteiger partial charge < -0.3 is 0 Å². The molecule has 1 amide bonds. The molecule has 1 aliphatic carbocycles. The van der Waals surface area contributed by atoms with E-state index in [1.54, 1.807) is 29.1 Å². The Hall–Kier alpha value is -2.00. The first-order valence-corrected chi connectivity index (χ1v) is 10.6. The van der Waals surface area contributed by atoms with E-state index in [-0.39, 0.29) is 5.56 Å². The first-order chi connectivity index (χ1) is 12.9. The van der Waals surface area contributed by atoms with Crippen LogP contribution in [-0.4, -0.2) is 25.3 Å². The number of thiophene rings is 1. The number of aromatic nitrogens is 4. The molecule has 0 fully saturated rings. The summed E-state index contributed by atoms with van der Waals surface area (Å²) in [7, 11) is 0. The summed E-state index contributed by atoms with van der Waals surface area (Å²) in [4.78, 5) is 32.6. The minimum absolute atomic E-state index is 0.211. The summed E-state index contributed by atoms with van der Waals surface area (Å²) in [5.74, 6) is 0.691. The summed E-state index contributed by atoms with van der Waals surface area (Å²) in [6, 6.07) is 0. The lowest BCUT2D eigenvalue weighted by Gasteiger charge is -2.17. The molecule has 1 atom stereocenters. The Morgan fingerprint density at radius 1 is 1.48 bits per heavy atom. The van der Waals surface area contributed by atoms with E-state index in [1.165, 1.54) is 9.55 Å². The predicted octanol–water partition coefficient (Wildman–Crippen LogP) is 3.25. The number of hydrogen-bond donors (Lipinski definition) is 1. The molecule has 0 aromatic carbocycles. The van der Waals surface area contributed by atoms with Crippen LogP contribution in [0.1, 0.15) is 47.0 Å². The third-order valence-electron chi connectivity index (χ3n) is 5.02. The van der Waals surface area contributed by atoms with Crippen LogP contribution in [0.25, 0.3) is 10.2 Å². The molecule has 7 nitrogen and oxygen atoms in total. The highest BCUT2D eigenvalue weighted by molar-refractivity contribution is 9.10. The van der Waals surface area contributed by atoms with Gasteiger partial charge in [0.1, 0.15) is 16.3 Å². The zero-order valence-electron chi connectivity index (χ0n) is 15.4. The molecule has 9 heteroatoms. The Kier molecular flexibility index (Phi) is 4.67. The van der Waals surface area contributed by atoms with E-state index < -0.39 is 5.91 Å². The molecule has 4 rings (SSSR count). The summed E-state index contributed by atoms with van der Waals surface area (Å²) < 4.78 is 3.43. The predicted molar refractivity (Wildman–Crippen MR) is 109 cm³/mol. The minimum atomic E-state index is -0.398. The second-order valence-electron chi connectivity index (χ2n) is 6.93. The summed E-state index contributed by atoms with van der Waals surface area (Å²) in [5.41, 5.74) is 3.98. The van der Waals surface area contributed by atoms with Gasteiger partial charge in [-0.25, -0.2) is 9.66 Å². The van der Waals surface area contributed by atoms with Gasteiger partial charge in [0.15, 0.2) is 0 Å². The molecule has 0 saturated carbocycles. The highest BCUT2D eigenvalue weighted by Gasteiger charge is 2.25. The smallest absolute Gasteiger partial charge is 0.267 e. The van der Waals surface area contributed by atoms with Crippen molar-refractivity contribution in [1.29, 1.82) is 0 Å². The largest absolute Gasteiger partial charge is 0.289 e. The fourth-order valence-electron chi connectivity index (χ4n) is 3.61. The maximum absolute atomic E-state index is 13.2. The van der Waals surface area contributed by atoms with Gasteiger partial charge in [-0.15, -0.1) is 11.3 Å². The van der Waals surface area contributed by atoms with Crippen molar-refractivity contribution in [3.63, 3.8) is 0 Å². The van der Waals surface area contributed by atoms with E-state index in [0.717, 1.165) is 29.7 Å². The number of fused-ring (bicyclic) bond motifs is 3.